The van der Waals surface area contributed by atoms with Crippen LogP contribution >= 0.6 is 0 Å². The molecule has 0 aliphatic carbocycles. The second kappa shape index (κ2) is 27.5. The third-order valence-corrected chi connectivity index (χ3v) is 4.47. The van der Waals surface area contributed by atoms with Crippen molar-refractivity contribution in [3.63, 3.8) is 0 Å². The Labute approximate surface area is 255 Å². The molecule has 0 amide bonds. The van der Waals surface area contributed by atoms with E-state index in [1.54, 1.807) is 0 Å². The maximum atomic E-state index is 10.3. The van der Waals surface area contributed by atoms with Crippen LogP contribution in [0.5, 0.6) is 0 Å². The van der Waals surface area contributed by atoms with Crippen molar-refractivity contribution < 1.29 is 126 Å². The minimum absolute atomic E-state index is 0. The predicted molar refractivity (Wildman–Crippen MR) is 113 cm³/mol. The molecule has 5 N–H and O–H groups in total. The van der Waals surface area contributed by atoms with Crippen molar-refractivity contribution in [3.8, 4) is 0 Å². The Morgan fingerprint density at radius 2 is 1.06 bits per heavy atom. The molecule has 17 heteroatoms. The van der Waals surface area contributed by atoms with E-state index >= 15 is 0 Å². The van der Waals surface area contributed by atoms with Gasteiger partial charge in [-0.15, -0.1) is 0 Å². The van der Waals surface area contributed by atoms with E-state index < -0.39 is 52.9 Å². The van der Waals surface area contributed by atoms with Crippen molar-refractivity contribution in [3.05, 3.63) is 0 Å². The minimum Gasteiger partial charge on any atom is -0.726 e. The van der Waals surface area contributed by atoms with Crippen LogP contribution in [0.4, 0.5) is 4.79 Å². The molecule has 0 aliphatic rings. The molecule has 202 valence electrons. The SMILES string of the molecule is CCCCCCCCCCCCOS(=O)(=O)[O-].O=C(O)CC(O)(CC(=O)O)C(=O)O.O=C([O-])O.[Na+].[Na+]. The standard InChI is InChI=1S/C12H26O4S.C6H8O7.CH2O3.2Na/c1-2-3-4-5-6-7-8-9-10-11-12-16-17(13,14)15;7-3(8)1-6(13,5(11)12)2-4(9)10;2-1(3)4;;/h2-12H2,1H3,(H,13,14,15);13H,1-2H2,(H,7,8)(H,9,10)(H,11,12);(H2,2,3,4);;/q;;;2*+1/p-2. The maximum absolute atomic E-state index is 10.3. The van der Waals surface area contributed by atoms with E-state index in [1.807, 2.05) is 0 Å². The zero-order valence-corrected chi connectivity index (χ0v) is 25.8. The number of aliphatic hydroxyl groups is 1. The largest absolute Gasteiger partial charge is 1.00 e. The van der Waals surface area contributed by atoms with Gasteiger partial charge in [-0.3, -0.25) is 13.8 Å². The van der Waals surface area contributed by atoms with E-state index in [0.717, 1.165) is 12.8 Å². The van der Waals surface area contributed by atoms with Crippen molar-refractivity contribution in [2.45, 2.75) is 89.6 Å². The Hall–Kier alpha value is -0.490. The van der Waals surface area contributed by atoms with Gasteiger partial charge in [0.05, 0.1) is 19.4 Å². The van der Waals surface area contributed by atoms with Gasteiger partial charge in [-0.05, 0) is 6.42 Å². The molecule has 0 rings (SSSR count). The minimum atomic E-state index is -4.48. The van der Waals surface area contributed by atoms with Crippen LogP contribution in [0.15, 0.2) is 0 Å². The molecule has 36 heavy (non-hydrogen) atoms. The number of unbranched alkanes of at least 4 members (excludes halogenated alkanes) is 9. The molecule has 0 aromatic rings. The van der Waals surface area contributed by atoms with Crippen molar-refractivity contribution in [2.75, 3.05) is 6.61 Å². The quantitative estimate of drug-likeness (QED) is 0.0480. The molecule has 0 fully saturated rings. The van der Waals surface area contributed by atoms with E-state index in [9.17, 15) is 27.4 Å². The molecule has 0 aromatic heterocycles. The number of hydrogen-bond donors (Lipinski definition) is 5. The predicted octanol–water partition coefficient (Wildman–Crippen LogP) is -4.97. The van der Waals surface area contributed by atoms with Crippen molar-refractivity contribution in [1.29, 1.82) is 0 Å². The van der Waals surface area contributed by atoms with Crippen molar-refractivity contribution in [2.24, 2.45) is 0 Å². The molecular weight excluding hydrogens is 530 g/mol. The van der Waals surface area contributed by atoms with Crippen LogP contribution < -0.4 is 64.2 Å². The third kappa shape index (κ3) is 40.7. The van der Waals surface area contributed by atoms with Crippen LogP contribution in [0.3, 0.4) is 0 Å². The summed E-state index contributed by atoms with van der Waals surface area (Å²) >= 11 is 0. The van der Waals surface area contributed by atoms with E-state index in [2.05, 4.69) is 11.1 Å². The van der Waals surface area contributed by atoms with Crippen LogP contribution in [0.1, 0.15) is 84.0 Å². The summed E-state index contributed by atoms with van der Waals surface area (Å²) in [6.45, 7) is 2.24. The molecular formula is C19H34Na2O14S. The first kappa shape index (κ1) is 45.4. The summed E-state index contributed by atoms with van der Waals surface area (Å²) in [7, 11) is -4.48. The smallest absolute Gasteiger partial charge is 0.726 e. The Morgan fingerprint density at radius 1 is 0.750 bits per heavy atom. The van der Waals surface area contributed by atoms with E-state index in [0.29, 0.717) is 6.42 Å². The number of carbonyl (C=O) groups is 4. The molecule has 0 unspecified atom stereocenters. The Bertz CT molecular complexity index is 680. The van der Waals surface area contributed by atoms with Crippen LogP contribution in [0.2, 0.25) is 0 Å². The van der Waals surface area contributed by atoms with Gasteiger partial charge < -0.3 is 40.0 Å². The number of carboxylic acid groups (broad SMARTS) is 5. The van der Waals surface area contributed by atoms with Gasteiger partial charge in [-0.1, -0.05) is 64.7 Å². The first-order valence-corrected chi connectivity index (χ1v) is 11.8. The Kier molecular flexibility index (Phi) is 34.8. The average Bonchev–Trinajstić information content (AvgIpc) is 2.64. The molecule has 0 spiro atoms. The van der Waals surface area contributed by atoms with Gasteiger partial charge in [-0.2, -0.15) is 0 Å². The topological polar surface area (TPSA) is 259 Å². The van der Waals surface area contributed by atoms with E-state index in [4.69, 9.17) is 35.4 Å². The summed E-state index contributed by atoms with van der Waals surface area (Å²) in [5, 5.41) is 49.1. The van der Waals surface area contributed by atoms with Crippen molar-refractivity contribution >= 4 is 34.5 Å². The normalized spacial score (nSPS) is 10.2. The fraction of sp³-hybridized carbons (Fsp3) is 0.789. The van der Waals surface area contributed by atoms with E-state index in [1.165, 1.54) is 44.9 Å². The van der Waals surface area contributed by atoms with Gasteiger partial charge in [0, 0.05) is 0 Å². The van der Waals surface area contributed by atoms with Crippen LogP contribution in [0.25, 0.3) is 0 Å². The second-order valence-corrected chi connectivity index (χ2v) is 8.21. The zero-order chi connectivity index (χ0) is 27.2. The summed E-state index contributed by atoms with van der Waals surface area (Å²) in [5.74, 6) is -5.02. The molecule has 0 saturated heterocycles. The van der Waals surface area contributed by atoms with Gasteiger partial charge >= 0.3 is 77.0 Å². The number of rotatable bonds is 17. The molecule has 14 nitrogen and oxygen atoms in total. The molecule has 0 aliphatic heterocycles. The molecule has 0 saturated carbocycles. The van der Waals surface area contributed by atoms with E-state index in [-0.39, 0.29) is 65.7 Å². The number of carboxylic acids is 3. The fourth-order valence-corrected chi connectivity index (χ4v) is 2.79. The maximum Gasteiger partial charge on any atom is 1.00 e. The van der Waals surface area contributed by atoms with Gasteiger partial charge in [0.2, 0.25) is 16.6 Å². The first-order chi connectivity index (χ1) is 15.6. The van der Waals surface area contributed by atoms with Gasteiger partial charge in [0.15, 0.2) is 5.60 Å². The Balaban J connectivity index is -0.000000151. The summed E-state index contributed by atoms with van der Waals surface area (Å²) in [5.41, 5.74) is -2.74. The summed E-state index contributed by atoms with van der Waals surface area (Å²) in [4.78, 5) is 38.9. The second-order valence-electron chi connectivity index (χ2n) is 7.16. The zero-order valence-electron chi connectivity index (χ0n) is 21.0. The molecule has 0 atom stereocenters. The average molecular weight is 565 g/mol. The monoisotopic (exact) mass is 564 g/mol. The molecule has 0 radical (unpaired) electrons. The summed E-state index contributed by atoms with van der Waals surface area (Å²) < 4.78 is 34.5. The van der Waals surface area contributed by atoms with Crippen LogP contribution in [-0.4, -0.2) is 74.8 Å². The summed E-state index contributed by atoms with van der Waals surface area (Å²) in [6.07, 6.45) is 7.33. The third-order valence-electron chi connectivity index (χ3n) is 4.01. The van der Waals surface area contributed by atoms with Crippen LogP contribution in [0, 0.1) is 0 Å². The molecule has 0 aromatic carbocycles. The number of aliphatic carboxylic acids is 3. The van der Waals surface area contributed by atoms with Gasteiger partial charge in [0.25, 0.3) is 0 Å². The number of hydrogen-bond acceptors (Lipinski definition) is 10. The summed E-state index contributed by atoms with van der Waals surface area (Å²) in [6, 6.07) is 0. The van der Waals surface area contributed by atoms with Gasteiger partial charge in [-0.25, -0.2) is 13.2 Å². The molecule has 0 bridgehead atoms. The Morgan fingerprint density at radius 3 is 1.31 bits per heavy atom. The first-order valence-electron chi connectivity index (χ1n) is 10.5. The molecule has 0 heterocycles. The fourth-order valence-electron chi connectivity index (χ4n) is 2.46. The van der Waals surface area contributed by atoms with Crippen LogP contribution in [-0.2, 0) is 29.0 Å². The van der Waals surface area contributed by atoms with Gasteiger partial charge in [0.1, 0.15) is 0 Å². The van der Waals surface area contributed by atoms with Crippen molar-refractivity contribution in [1.82, 2.24) is 0 Å².